The molecule has 0 N–H and O–H groups in total. The second kappa shape index (κ2) is 8.05. The van der Waals surface area contributed by atoms with E-state index in [1.807, 2.05) is 0 Å². The van der Waals surface area contributed by atoms with Gasteiger partial charge in [0, 0.05) is 18.7 Å². The van der Waals surface area contributed by atoms with Gasteiger partial charge < -0.3 is 23.5 Å². The molecule has 7 nitrogen and oxygen atoms in total. The van der Waals surface area contributed by atoms with Gasteiger partial charge in [-0.05, 0) is 31.2 Å². The van der Waals surface area contributed by atoms with Crippen molar-refractivity contribution in [2.45, 2.75) is 13.0 Å². The van der Waals surface area contributed by atoms with Gasteiger partial charge >= 0.3 is 5.63 Å². The summed E-state index contributed by atoms with van der Waals surface area (Å²) in [5, 5.41) is 0. The molecule has 0 unspecified atom stereocenters. The Bertz CT molecular complexity index is 808. The molecule has 2 heterocycles. The van der Waals surface area contributed by atoms with Crippen molar-refractivity contribution in [3.8, 4) is 11.5 Å². The summed E-state index contributed by atoms with van der Waals surface area (Å²) in [6.45, 7) is 3.62. The Kier molecular flexibility index (Phi) is 5.58. The van der Waals surface area contributed by atoms with Gasteiger partial charge in [0.1, 0.15) is 30.0 Å². The van der Waals surface area contributed by atoms with Crippen LogP contribution in [0.25, 0.3) is 0 Å². The Balaban J connectivity index is 1.50. The number of aryl methyl sites for hydroxylation is 1. The van der Waals surface area contributed by atoms with Crippen LogP contribution in [0.4, 0.5) is 0 Å². The van der Waals surface area contributed by atoms with Crippen LogP contribution in [0.15, 0.2) is 45.6 Å². The lowest BCUT2D eigenvalue weighted by Crippen LogP contribution is -2.56. The Morgan fingerprint density at radius 1 is 1.15 bits per heavy atom. The lowest BCUT2D eigenvalue weighted by atomic mass is 10.1. The molecule has 2 aromatic rings. The SMILES string of the molecule is COCCOc1ccc(C(=O)N2CC(Oc3cc(C)oc(=O)c3)C2)cc1. The number of nitrogens with zero attached hydrogens (tertiary/aromatic N) is 1. The third-order valence-corrected chi connectivity index (χ3v) is 3.96. The van der Waals surface area contributed by atoms with E-state index >= 15 is 0 Å². The van der Waals surface area contributed by atoms with Crippen molar-refractivity contribution in [3.05, 3.63) is 58.1 Å². The molecule has 1 saturated heterocycles. The minimum Gasteiger partial charge on any atom is -0.491 e. The van der Waals surface area contributed by atoms with Crippen LogP contribution in [-0.2, 0) is 4.74 Å². The van der Waals surface area contributed by atoms with Gasteiger partial charge in [0.05, 0.1) is 25.8 Å². The molecule has 1 fully saturated rings. The molecule has 1 aromatic carbocycles. The van der Waals surface area contributed by atoms with Crippen molar-refractivity contribution in [1.82, 2.24) is 4.90 Å². The summed E-state index contributed by atoms with van der Waals surface area (Å²) < 4.78 is 21.0. The number of likely N-dealkylation sites (tertiary alicyclic amines) is 1. The van der Waals surface area contributed by atoms with Crippen molar-refractivity contribution < 1.29 is 23.4 Å². The maximum Gasteiger partial charge on any atom is 0.339 e. The number of carbonyl (C=O) groups is 1. The summed E-state index contributed by atoms with van der Waals surface area (Å²) in [5.41, 5.74) is 0.152. The second-order valence-electron chi connectivity index (χ2n) is 6.04. The van der Waals surface area contributed by atoms with Gasteiger partial charge in [0.2, 0.25) is 0 Å². The molecule has 138 valence electrons. The van der Waals surface area contributed by atoms with Crippen LogP contribution < -0.4 is 15.1 Å². The first-order valence-corrected chi connectivity index (χ1v) is 8.34. The van der Waals surface area contributed by atoms with Crippen LogP contribution in [-0.4, -0.2) is 50.3 Å². The maximum atomic E-state index is 12.4. The van der Waals surface area contributed by atoms with E-state index in [1.54, 1.807) is 49.3 Å². The number of methoxy groups -OCH3 is 1. The highest BCUT2D eigenvalue weighted by atomic mass is 16.5. The van der Waals surface area contributed by atoms with Crippen LogP contribution >= 0.6 is 0 Å². The summed E-state index contributed by atoms with van der Waals surface area (Å²) in [7, 11) is 1.61. The summed E-state index contributed by atoms with van der Waals surface area (Å²) in [4.78, 5) is 25.5. The monoisotopic (exact) mass is 359 g/mol. The van der Waals surface area contributed by atoms with Crippen molar-refractivity contribution in [2.24, 2.45) is 0 Å². The molecule has 0 spiro atoms. The highest BCUT2D eigenvalue weighted by Gasteiger charge is 2.33. The van der Waals surface area contributed by atoms with E-state index in [1.165, 1.54) is 6.07 Å². The quantitative estimate of drug-likeness (QED) is 0.703. The minimum absolute atomic E-state index is 0.0583. The van der Waals surface area contributed by atoms with E-state index in [-0.39, 0.29) is 12.0 Å². The normalized spacial score (nSPS) is 14.0. The van der Waals surface area contributed by atoms with Crippen molar-refractivity contribution in [3.63, 3.8) is 0 Å². The van der Waals surface area contributed by atoms with E-state index in [2.05, 4.69) is 0 Å². The fourth-order valence-corrected chi connectivity index (χ4v) is 2.63. The lowest BCUT2D eigenvalue weighted by molar-refractivity contribution is 0.0175. The largest absolute Gasteiger partial charge is 0.491 e. The molecule has 0 bridgehead atoms. The van der Waals surface area contributed by atoms with Crippen LogP contribution in [0.2, 0.25) is 0 Å². The number of hydrogen-bond acceptors (Lipinski definition) is 6. The van der Waals surface area contributed by atoms with Crippen LogP contribution in [0.1, 0.15) is 16.1 Å². The average Bonchev–Trinajstić information content (AvgIpc) is 2.57. The number of hydrogen-bond donors (Lipinski definition) is 0. The molecule has 0 atom stereocenters. The molecule has 1 aliphatic rings. The van der Waals surface area contributed by atoms with Crippen molar-refractivity contribution in [1.29, 1.82) is 0 Å². The van der Waals surface area contributed by atoms with Gasteiger partial charge in [-0.25, -0.2) is 4.79 Å². The zero-order valence-corrected chi connectivity index (χ0v) is 14.8. The lowest BCUT2D eigenvalue weighted by Gasteiger charge is -2.39. The zero-order valence-electron chi connectivity index (χ0n) is 14.8. The first-order chi connectivity index (χ1) is 12.5. The van der Waals surface area contributed by atoms with Gasteiger partial charge in [-0.2, -0.15) is 0 Å². The van der Waals surface area contributed by atoms with Gasteiger partial charge in [0.25, 0.3) is 5.91 Å². The molecule has 7 heteroatoms. The molecule has 0 radical (unpaired) electrons. The first-order valence-electron chi connectivity index (χ1n) is 8.34. The number of benzene rings is 1. The number of rotatable bonds is 7. The Hall–Kier alpha value is -2.80. The predicted octanol–water partition coefficient (Wildman–Crippen LogP) is 1.88. The van der Waals surface area contributed by atoms with Crippen LogP contribution in [0, 0.1) is 6.92 Å². The fourth-order valence-electron chi connectivity index (χ4n) is 2.63. The number of ether oxygens (including phenoxy) is 3. The molecule has 0 saturated carbocycles. The standard InChI is InChI=1S/C19H21NO6/c1-13-9-16(10-18(21)25-13)26-17-11-20(12-17)19(22)14-3-5-15(6-4-14)24-8-7-23-2/h3-6,9-10,17H,7-8,11-12H2,1-2H3. The molecular formula is C19H21NO6. The fraction of sp³-hybridized carbons (Fsp3) is 0.368. The van der Waals surface area contributed by atoms with E-state index in [0.29, 0.717) is 49.1 Å². The smallest absolute Gasteiger partial charge is 0.339 e. The third kappa shape index (κ3) is 4.43. The zero-order chi connectivity index (χ0) is 18.5. The molecule has 1 aromatic heterocycles. The number of carbonyl (C=O) groups excluding carboxylic acids is 1. The minimum atomic E-state index is -0.444. The molecular weight excluding hydrogens is 338 g/mol. The number of amides is 1. The van der Waals surface area contributed by atoms with Crippen LogP contribution in [0.5, 0.6) is 11.5 Å². The first kappa shape index (κ1) is 18.0. The van der Waals surface area contributed by atoms with Crippen molar-refractivity contribution >= 4 is 5.91 Å². The summed E-state index contributed by atoms with van der Waals surface area (Å²) >= 11 is 0. The van der Waals surface area contributed by atoms with E-state index in [0.717, 1.165) is 0 Å². The third-order valence-electron chi connectivity index (χ3n) is 3.96. The van der Waals surface area contributed by atoms with Gasteiger partial charge in [-0.3, -0.25) is 4.79 Å². The Morgan fingerprint density at radius 2 is 1.88 bits per heavy atom. The Labute approximate surface area is 151 Å². The predicted molar refractivity (Wildman–Crippen MR) is 93.8 cm³/mol. The highest BCUT2D eigenvalue weighted by molar-refractivity contribution is 5.94. The molecule has 26 heavy (non-hydrogen) atoms. The van der Waals surface area contributed by atoms with E-state index in [9.17, 15) is 9.59 Å². The summed E-state index contributed by atoms with van der Waals surface area (Å²) in [6.07, 6.45) is -0.128. The maximum absolute atomic E-state index is 12.4. The van der Waals surface area contributed by atoms with Gasteiger partial charge in [0.15, 0.2) is 0 Å². The van der Waals surface area contributed by atoms with Gasteiger partial charge in [-0.1, -0.05) is 0 Å². The molecule has 3 rings (SSSR count). The topological polar surface area (TPSA) is 78.2 Å². The molecule has 1 aliphatic heterocycles. The summed E-state index contributed by atoms with van der Waals surface area (Å²) in [6, 6.07) is 9.98. The molecule has 0 aliphatic carbocycles. The Morgan fingerprint density at radius 3 is 2.54 bits per heavy atom. The second-order valence-corrected chi connectivity index (χ2v) is 6.04. The van der Waals surface area contributed by atoms with E-state index in [4.69, 9.17) is 18.6 Å². The molecule has 1 amide bonds. The summed E-state index contributed by atoms with van der Waals surface area (Å²) in [5.74, 6) is 1.60. The van der Waals surface area contributed by atoms with Crippen LogP contribution in [0.3, 0.4) is 0 Å². The van der Waals surface area contributed by atoms with Gasteiger partial charge in [-0.15, -0.1) is 0 Å². The van der Waals surface area contributed by atoms with Crippen molar-refractivity contribution in [2.75, 3.05) is 33.4 Å². The van der Waals surface area contributed by atoms with E-state index < -0.39 is 5.63 Å². The average molecular weight is 359 g/mol. The highest BCUT2D eigenvalue weighted by Crippen LogP contribution is 2.21.